The Kier molecular flexibility index (Phi) is 4.83. The summed E-state index contributed by atoms with van der Waals surface area (Å²) >= 11 is 0. The van der Waals surface area contributed by atoms with E-state index in [4.69, 9.17) is 10.5 Å². The Morgan fingerprint density at radius 2 is 1.89 bits per heavy atom. The zero-order valence-corrected chi connectivity index (χ0v) is 12.2. The summed E-state index contributed by atoms with van der Waals surface area (Å²) in [4.78, 5) is 2.51. The maximum Gasteiger partial charge on any atom is 0.119 e. The highest BCUT2D eigenvalue weighted by Gasteiger charge is 2.25. The molecular weight excluding hydrogens is 236 g/mol. The molecule has 19 heavy (non-hydrogen) atoms. The molecule has 1 fully saturated rings. The van der Waals surface area contributed by atoms with Crippen LogP contribution in [0.15, 0.2) is 24.3 Å². The number of nitrogens with zero attached hydrogens (tertiary/aromatic N) is 1. The normalized spacial score (nSPS) is 20.6. The lowest BCUT2D eigenvalue weighted by molar-refractivity contribution is 0.224. The SMILES string of the molecule is COc1cccc(C(C)(N)CN2CCCCCC2)c1. The van der Waals surface area contributed by atoms with Crippen molar-refractivity contribution in [2.24, 2.45) is 5.73 Å². The fourth-order valence-corrected chi connectivity index (χ4v) is 2.83. The Bertz CT molecular complexity index is 395. The molecule has 0 radical (unpaired) electrons. The van der Waals surface area contributed by atoms with E-state index < -0.39 is 0 Å². The maximum absolute atomic E-state index is 6.55. The first-order valence-corrected chi connectivity index (χ1v) is 7.27. The van der Waals surface area contributed by atoms with E-state index in [2.05, 4.69) is 24.0 Å². The lowest BCUT2D eigenvalue weighted by Crippen LogP contribution is -2.45. The average molecular weight is 262 g/mol. The number of ether oxygens (including phenoxy) is 1. The summed E-state index contributed by atoms with van der Waals surface area (Å²) in [5, 5.41) is 0. The zero-order valence-electron chi connectivity index (χ0n) is 12.2. The van der Waals surface area contributed by atoms with Crippen LogP contribution in [0, 0.1) is 0 Å². The molecule has 106 valence electrons. The lowest BCUT2D eigenvalue weighted by atomic mass is 9.92. The van der Waals surface area contributed by atoms with Crippen LogP contribution in [0.25, 0.3) is 0 Å². The molecule has 1 aromatic rings. The molecule has 0 amide bonds. The smallest absolute Gasteiger partial charge is 0.119 e. The number of rotatable bonds is 4. The molecule has 0 aromatic heterocycles. The van der Waals surface area contributed by atoms with Crippen molar-refractivity contribution in [1.82, 2.24) is 4.90 Å². The molecule has 0 spiro atoms. The zero-order chi connectivity index (χ0) is 13.7. The van der Waals surface area contributed by atoms with E-state index in [0.29, 0.717) is 0 Å². The Morgan fingerprint density at radius 1 is 1.21 bits per heavy atom. The fraction of sp³-hybridized carbons (Fsp3) is 0.625. The largest absolute Gasteiger partial charge is 0.497 e. The number of benzene rings is 1. The van der Waals surface area contributed by atoms with E-state index in [1.165, 1.54) is 38.8 Å². The van der Waals surface area contributed by atoms with Crippen molar-refractivity contribution >= 4 is 0 Å². The van der Waals surface area contributed by atoms with Gasteiger partial charge in [-0.25, -0.2) is 0 Å². The fourth-order valence-electron chi connectivity index (χ4n) is 2.83. The minimum atomic E-state index is -0.321. The summed E-state index contributed by atoms with van der Waals surface area (Å²) in [7, 11) is 1.70. The van der Waals surface area contributed by atoms with Crippen molar-refractivity contribution < 1.29 is 4.74 Å². The van der Waals surface area contributed by atoms with Gasteiger partial charge in [0.05, 0.1) is 12.6 Å². The molecule has 1 aliphatic rings. The van der Waals surface area contributed by atoms with Crippen LogP contribution in [0.4, 0.5) is 0 Å². The first-order chi connectivity index (χ1) is 9.12. The van der Waals surface area contributed by atoms with E-state index in [1.807, 2.05) is 12.1 Å². The number of methoxy groups -OCH3 is 1. The van der Waals surface area contributed by atoms with Gasteiger partial charge in [-0.2, -0.15) is 0 Å². The second kappa shape index (κ2) is 6.40. The Morgan fingerprint density at radius 3 is 2.53 bits per heavy atom. The molecule has 0 aliphatic carbocycles. The maximum atomic E-state index is 6.55. The molecule has 1 aliphatic heterocycles. The van der Waals surface area contributed by atoms with Crippen LogP contribution in [0.5, 0.6) is 5.75 Å². The van der Waals surface area contributed by atoms with Gasteiger partial charge in [0.1, 0.15) is 5.75 Å². The van der Waals surface area contributed by atoms with Crippen LogP contribution in [0.1, 0.15) is 38.2 Å². The monoisotopic (exact) mass is 262 g/mol. The van der Waals surface area contributed by atoms with Crippen molar-refractivity contribution in [3.8, 4) is 5.75 Å². The minimum absolute atomic E-state index is 0.321. The van der Waals surface area contributed by atoms with Gasteiger partial charge in [0.15, 0.2) is 0 Å². The third-order valence-corrected chi connectivity index (χ3v) is 3.98. The first kappa shape index (κ1) is 14.4. The van der Waals surface area contributed by atoms with Crippen molar-refractivity contribution in [3.05, 3.63) is 29.8 Å². The summed E-state index contributed by atoms with van der Waals surface area (Å²) in [5.74, 6) is 0.880. The van der Waals surface area contributed by atoms with Gasteiger partial charge in [0.25, 0.3) is 0 Å². The molecule has 2 rings (SSSR count). The van der Waals surface area contributed by atoms with E-state index in [0.717, 1.165) is 17.9 Å². The molecule has 0 saturated carbocycles. The number of hydrogen-bond acceptors (Lipinski definition) is 3. The van der Waals surface area contributed by atoms with E-state index in [1.54, 1.807) is 7.11 Å². The standard InChI is InChI=1S/C16H26N2O/c1-16(17,13-18-10-5-3-4-6-11-18)14-8-7-9-15(12-14)19-2/h7-9,12H,3-6,10-11,13,17H2,1-2H3. The molecule has 1 heterocycles. The summed E-state index contributed by atoms with van der Waals surface area (Å²) in [6, 6.07) is 8.13. The molecule has 3 nitrogen and oxygen atoms in total. The Hall–Kier alpha value is -1.06. The van der Waals surface area contributed by atoms with Gasteiger partial charge in [-0.15, -0.1) is 0 Å². The first-order valence-electron chi connectivity index (χ1n) is 7.27. The quantitative estimate of drug-likeness (QED) is 0.906. The molecule has 3 heteroatoms. The molecule has 1 saturated heterocycles. The highest BCUT2D eigenvalue weighted by Crippen LogP contribution is 2.24. The highest BCUT2D eigenvalue weighted by atomic mass is 16.5. The van der Waals surface area contributed by atoms with Gasteiger partial charge in [0.2, 0.25) is 0 Å². The summed E-state index contributed by atoms with van der Waals surface area (Å²) in [6.07, 6.45) is 5.32. The van der Waals surface area contributed by atoms with Crippen LogP contribution in [0.2, 0.25) is 0 Å². The summed E-state index contributed by atoms with van der Waals surface area (Å²) < 4.78 is 5.29. The van der Waals surface area contributed by atoms with Crippen molar-refractivity contribution in [3.63, 3.8) is 0 Å². The highest BCUT2D eigenvalue weighted by molar-refractivity contribution is 5.33. The van der Waals surface area contributed by atoms with Gasteiger partial charge < -0.3 is 15.4 Å². The van der Waals surface area contributed by atoms with Gasteiger partial charge in [-0.1, -0.05) is 25.0 Å². The predicted molar refractivity (Wildman–Crippen MR) is 79.4 cm³/mol. The average Bonchev–Trinajstić information content (AvgIpc) is 2.67. The molecule has 1 aromatic carbocycles. The van der Waals surface area contributed by atoms with Crippen LogP contribution in [-0.4, -0.2) is 31.6 Å². The Labute approximate surface area is 116 Å². The van der Waals surface area contributed by atoms with Gasteiger partial charge in [0, 0.05) is 6.54 Å². The molecule has 1 atom stereocenters. The third-order valence-electron chi connectivity index (χ3n) is 3.98. The van der Waals surface area contributed by atoms with Crippen LogP contribution < -0.4 is 10.5 Å². The Balaban J connectivity index is 2.07. The molecule has 1 unspecified atom stereocenters. The second-order valence-electron chi connectivity index (χ2n) is 5.84. The van der Waals surface area contributed by atoms with Crippen molar-refractivity contribution in [1.29, 1.82) is 0 Å². The number of hydrogen-bond donors (Lipinski definition) is 1. The predicted octanol–water partition coefficient (Wildman–Crippen LogP) is 2.75. The van der Waals surface area contributed by atoms with Gasteiger partial charge >= 0.3 is 0 Å². The number of likely N-dealkylation sites (tertiary alicyclic amines) is 1. The minimum Gasteiger partial charge on any atom is -0.497 e. The van der Waals surface area contributed by atoms with Crippen molar-refractivity contribution in [2.75, 3.05) is 26.7 Å². The number of nitrogens with two attached hydrogens (primary N) is 1. The second-order valence-corrected chi connectivity index (χ2v) is 5.84. The van der Waals surface area contributed by atoms with E-state index in [9.17, 15) is 0 Å². The van der Waals surface area contributed by atoms with Gasteiger partial charge in [-0.05, 0) is 50.6 Å². The molecule has 0 bridgehead atoms. The summed E-state index contributed by atoms with van der Waals surface area (Å²) in [6.45, 7) is 5.39. The van der Waals surface area contributed by atoms with Crippen molar-refractivity contribution in [2.45, 2.75) is 38.1 Å². The van der Waals surface area contributed by atoms with Crippen LogP contribution in [-0.2, 0) is 5.54 Å². The summed E-state index contributed by atoms with van der Waals surface area (Å²) in [5.41, 5.74) is 7.37. The topological polar surface area (TPSA) is 38.5 Å². The van der Waals surface area contributed by atoms with E-state index >= 15 is 0 Å². The molecular formula is C16H26N2O. The third kappa shape index (κ3) is 3.95. The van der Waals surface area contributed by atoms with Crippen LogP contribution >= 0.6 is 0 Å². The van der Waals surface area contributed by atoms with E-state index in [-0.39, 0.29) is 5.54 Å². The van der Waals surface area contributed by atoms with Gasteiger partial charge in [-0.3, -0.25) is 0 Å². The van der Waals surface area contributed by atoms with Crippen LogP contribution in [0.3, 0.4) is 0 Å². The lowest BCUT2D eigenvalue weighted by Gasteiger charge is -2.32. The molecule has 2 N–H and O–H groups in total.